The lowest BCUT2D eigenvalue weighted by molar-refractivity contribution is 0.566. The van der Waals surface area contributed by atoms with Gasteiger partial charge in [0.2, 0.25) is 10.0 Å². The standard InChI is InChI=1S/C6H11N5O4S2/c12-16(13)2-1-5(4-16)17(14,15)7-3-6-8-10-11-9-6/h5,7H,1-4H2,(H,8,9,10,11). The smallest absolute Gasteiger partial charge is 0.215 e. The molecule has 1 aliphatic heterocycles. The molecule has 0 aliphatic carbocycles. The third-order valence-electron chi connectivity index (χ3n) is 2.45. The van der Waals surface area contributed by atoms with Crippen LogP contribution in [-0.4, -0.2) is 54.2 Å². The predicted molar refractivity (Wildman–Crippen MR) is 57.0 cm³/mol. The molecule has 0 aromatic carbocycles. The van der Waals surface area contributed by atoms with Crippen molar-refractivity contribution in [1.29, 1.82) is 0 Å². The molecule has 1 aromatic rings. The Kier molecular flexibility index (Phi) is 3.14. The number of rotatable bonds is 4. The highest BCUT2D eigenvalue weighted by atomic mass is 32.2. The molecule has 0 radical (unpaired) electrons. The zero-order valence-corrected chi connectivity index (χ0v) is 10.3. The summed E-state index contributed by atoms with van der Waals surface area (Å²) < 4.78 is 48.1. The molecule has 1 atom stereocenters. The lowest BCUT2D eigenvalue weighted by atomic mass is 10.4. The Balaban J connectivity index is 2.00. The van der Waals surface area contributed by atoms with Gasteiger partial charge in [-0.1, -0.05) is 5.21 Å². The fourth-order valence-electron chi connectivity index (χ4n) is 1.55. The van der Waals surface area contributed by atoms with Gasteiger partial charge >= 0.3 is 0 Å². The largest absolute Gasteiger partial charge is 0.229 e. The molecular formula is C6H11N5O4S2. The van der Waals surface area contributed by atoms with Gasteiger partial charge in [-0.3, -0.25) is 0 Å². The van der Waals surface area contributed by atoms with E-state index in [1.54, 1.807) is 0 Å². The van der Waals surface area contributed by atoms with Gasteiger partial charge in [-0.05, 0) is 6.42 Å². The average Bonchev–Trinajstić information content (AvgIpc) is 2.84. The third-order valence-corrected chi connectivity index (χ3v) is 6.26. The number of nitrogens with zero attached hydrogens (tertiary/aromatic N) is 3. The summed E-state index contributed by atoms with van der Waals surface area (Å²) in [6, 6.07) is 0. The van der Waals surface area contributed by atoms with Crippen molar-refractivity contribution in [2.24, 2.45) is 0 Å². The summed E-state index contributed by atoms with van der Waals surface area (Å²) in [6.45, 7) is -0.102. The van der Waals surface area contributed by atoms with Crippen LogP contribution in [0.15, 0.2) is 0 Å². The van der Waals surface area contributed by atoms with Crippen molar-refractivity contribution >= 4 is 19.9 Å². The molecule has 2 N–H and O–H groups in total. The maximum atomic E-state index is 11.8. The van der Waals surface area contributed by atoms with Crippen LogP contribution in [0, 0.1) is 0 Å². The highest BCUT2D eigenvalue weighted by molar-refractivity contribution is 7.95. The number of hydrogen-bond acceptors (Lipinski definition) is 7. The Bertz CT molecular complexity index is 578. The number of H-pyrrole nitrogens is 1. The molecule has 1 unspecified atom stereocenters. The minimum Gasteiger partial charge on any atom is -0.229 e. The van der Waals surface area contributed by atoms with E-state index in [1.807, 2.05) is 0 Å². The van der Waals surface area contributed by atoms with Gasteiger partial charge < -0.3 is 0 Å². The van der Waals surface area contributed by atoms with Crippen LogP contribution in [0.25, 0.3) is 0 Å². The third kappa shape index (κ3) is 2.98. The van der Waals surface area contributed by atoms with E-state index >= 15 is 0 Å². The summed E-state index contributed by atoms with van der Waals surface area (Å²) in [6.07, 6.45) is 0.129. The molecule has 0 bridgehead atoms. The normalized spacial score (nSPS) is 23.9. The summed E-state index contributed by atoms with van der Waals surface area (Å²) in [5.74, 6) is -0.204. The van der Waals surface area contributed by atoms with E-state index in [0.29, 0.717) is 0 Å². The first-order chi connectivity index (χ1) is 7.89. The molecule has 2 heterocycles. The van der Waals surface area contributed by atoms with Gasteiger partial charge in [-0.2, -0.15) is 5.21 Å². The van der Waals surface area contributed by atoms with Crippen molar-refractivity contribution < 1.29 is 16.8 Å². The molecule has 0 spiro atoms. The van der Waals surface area contributed by atoms with Gasteiger partial charge in [0.1, 0.15) is 0 Å². The van der Waals surface area contributed by atoms with Crippen LogP contribution in [0.4, 0.5) is 0 Å². The minimum absolute atomic E-state index is 0.0826. The molecule has 17 heavy (non-hydrogen) atoms. The minimum atomic E-state index is -3.66. The van der Waals surface area contributed by atoms with Gasteiger partial charge in [0, 0.05) is 0 Å². The van der Waals surface area contributed by atoms with E-state index in [0.717, 1.165) is 0 Å². The number of sulfone groups is 1. The Morgan fingerprint density at radius 3 is 2.76 bits per heavy atom. The number of aromatic nitrogens is 4. The van der Waals surface area contributed by atoms with Crippen LogP contribution >= 0.6 is 0 Å². The fourth-order valence-corrected chi connectivity index (χ4v) is 5.57. The Morgan fingerprint density at radius 2 is 2.24 bits per heavy atom. The van der Waals surface area contributed by atoms with Crippen LogP contribution in [0.3, 0.4) is 0 Å². The zero-order chi connectivity index (χ0) is 12.5. The molecule has 1 saturated heterocycles. The number of hydrogen-bond donors (Lipinski definition) is 2. The lowest BCUT2D eigenvalue weighted by Crippen LogP contribution is -2.35. The van der Waals surface area contributed by atoms with E-state index in [-0.39, 0.29) is 30.3 Å². The molecule has 0 amide bonds. The second-order valence-corrected chi connectivity index (χ2v) is 7.99. The summed E-state index contributed by atoms with van der Waals surface area (Å²) in [4.78, 5) is 0. The van der Waals surface area contributed by atoms with Gasteiger partial charge in [-0.15, -0.1) is 10.2 Å². The maximum Gasteiger partial charge on any atom is 0.215 e. The van der Waals surface area contributed by atoms with Crippen molar-refractivity contribution in [3.05, 3.63) is 5.82 Å². The summed E-state index contributed by atoms with van der Waals surface area (Å²) >= 11 is 0. The topological polar surface area (TPSA) is 135 Å². The quantitative estimate of drug-likeness (QED) is 0.639. The number of tetrazole rings is 1. The van der Waals surface area contributed by atoms with Crippen molar-refractivity contribution in [2.45, 2.75) is 18.2 Å². The highest BCUT2D eigenvalue weighted by Crippen LogP contribution is 2.18. The van der Waals surface area contributed by atoms with Gasteiger partial charge in [0.25, 0.3) is 0 Å². The van der Waals surface area contributed by atoms with Gasteiger partial charge in [0.05, 0.1) is 23.3 Å². The van der Waals surface area contributed by atoms with Crippen LogP contribution < -0.4 is 4.72 Å². The van der Waals surface area contributed by atoms with E-state index in [2.05, 4.69) is 25.3 Å². The Morgan fingerprint density at radius 1 is 1.47 bits per heavy atom. The predicted octanol–water partition coefficient (Wildman–Crippen LogP) is -2.19. The second-order valence-electron chi connectivity index (χ2n) is 3.72. The summed E-state index contributed by atoms with van der Waals surface area (Å²) in [5.41, 5.74) is 0. The average molecular weight is 281 g/mol. The van der Waals surface area contributed by atoms with E-state index < -0.39 is 25.1 Å². The summed E-state index contributed by atoms with van der Waals surface area (Å²) in [5, 5.41) is 11.7. The van der Waals surface area contributed by atoms with Crippen LogP contribution in [0.1, 0.15) is 12.2 Å². The Labute approximate surface area is 98.0 Å². The van der Waals surface area contributed by atoms with E-state index in [4.69, 9.17) is 0 Å². The first-order valence-corrected chi connectivity index (χ1v) is 8.17. The molecule has 2 rings (SSSR count). The number of nitrogens with one attached hydrogen (secondary N) is 2. The van der Waals surface area contributed by atoms with Crippen LogP contribution in [-0.2, 0) is 26.4 Å². The highest BCUT2D eigenvalue weighted by Gasteiger charge is 2.36. The monoisotopic (exact) mass is 281 g/mol. The van der Waals surface area contributed by atoms with Gasteiger partial charge in [-0.25, -0.2) is 21.6 Å². The maximum absolute atomic E-state index is 11.8. The second kappa shape index (κ2) is 4.31. The van der Waals surface area contributed by atoms with Crippen molar-refractivity contribution in [3.8, 4) is 0 Å². The summed E-state index contributed by atoms with van der Waals surface area (Å²) in [7, 11) is -6.88. The molecule has 96 valence electrons. The molecule has 11 heteroatoms. The SMILES string of the molecule is O=S1(=O)CCC(S(=O)(=O)NCc2nn[nH]n2)C1. The van der Waals surface area contributed by atoms with Crippen molar-refractivity contribution in [3.63, 3.8) is 0 Å². The molecule has 1 aliphatic rings. The lowest BCUT2D eigenvalue weighted by Gasteiger charge is -2.09. The molecule has 9 nitrogen and oxygen atoms in total. The van der Waals surface area contributed by atoms with E-state index in [1.165, 1.54) is 0 Å². The first kappa shape index (κ1) is 12.4. The number of aromatic amines is 1. The molecule has 1 fully saturated rings. The molecule has 0 saturated carbocycles. The molecular weight excluding hydrogens is 270 g/mol. The zero-order valence-electron chi connectivity index (χ0n) is 8.70. The van der Waals surface area contributed by atoms with E-state index in [9.17, 15) is 16.8 Å². The fraction of sp³-hybridized carbons (Fsp3) is 0.833. The molecule has 1 aromatic heterocycles. The van der Waals surface area contributed by atoms with Gasteiger partial charge in [0.15, 0.2) is 15.7 Å². The van der Waals surface area contributed by atoms with Crippen LogP contribution in [0.5, 0.6) is 0 Å². The van der Waals surface area contributed by atoms with Crippen LogP contribution in [0.2, 0.25) is 0 Å². The first-order valence-electron chi connectivity index (χ1n) is 4.80. The Hall–Kier alpha value is -1.07. The number of sulfonamides is 1. The van der Waals surface area contributed by atoms with Crippen molar-refractivity contribution in [2.75, 3.05) is 11.5 Å². The van der Waals surface area contributed by atoms with Crippen molar-refractivity contribution in [1.82, 2.24) is 25.3 Å².